The molecule has 5 nitrogen and oxygen atoms in total. The van der Waals surface area contributed by atoms with E-state index in [1.165, 1.54) is 190 Å². The Labute approximate surface area is 791 Å². The molecule has 0 amide bonds. The highest BCUT2D eigenvalue weighted by Gasteiger charge is 2.49. The number of piperidine rings is 5. The number of hydrogen-bond donors (Lipinski definition) is 0. The molecule has 5 unspecified atom stereocenters. The molecule has 20 rings (SSSR count). The second-order valence-corrected chi connectivity index (χ2v) is 46.4. The molecule has 662 valence electrons. The second kappa shape index (κ2) is 39.4. The zero-order valence-corrected chi connectivity index (χ0v) is 83.7. The highest BCUT2D eigenvalue weighted by Crippen LogP contribution is 2.66. The average molecular weight is 1820 g/mol. The van der Waals surface area contributed by atoms with E-state index in [0.29, 0.717) is 5.92 Å². The Morgan fingerprint density at radius 1 is 0.331 bits per heavy atom. The van der Waals surface area contributed by atoms with E-state index in [1.54, 1.807) is 50.7 Å². The third kappa shape index (κ3) is 19.4. The zero-order chi connectivity index (χ0) is 89.4. The third-order valence-electron chi connectivity index (χ3n) is 29.0. The van der Waals surface area contributed by atoms with E-state index in [4.69, 9.17) is 23.2 Å². The van der Waals surface area contributed by atoms with Crippen molar-refractivity contribution in [2.24, 2.45) is 0 Å². The standard InChI is InChI=1S/C24H29NS.C23H26ClNS.C23H27NS.C22H24ClNS.C22H24FNS/c1-17(2)19-10-11-22-21(16-19)23(18-12-14-25(4)15-13-18)24(3,26-22)20-8-6-5-7-9-20;1-15-13-20-21(14-16(15)2)26-23(3,18-5-7-19(24)8-6-18)22(20)17-9-11-25(4)12-10-17;1-4-17-10-11-21-20(16-17)22(18-12-14-24(3)15-13-18)23(2,25-21)19-8-6-5-7-9-19;1-15-19(23)10-9-18-20(16-11-13-24(3)14-12-16)22(2,25-21(15)18)17-7-5-4-6-8-17;1-15-7-8-20-19(13-15)21(16-9-11-24(3)12-10-16)22(2,25-20)17-5-4-6-18(23)14-17/h5-11,16-17H,12-15H2,1-4H3;5-8,13-14H,9-12H2,1-4H3;5-11,16H,4,12-15H2,1-3H3;4-10H,11-14H2,1-3H3;4-8,13-14H,9-12H2,1-3H3. The second-order valence-electron chi connectivity index (χ2n) is 38.3. The van der Waals surface area contributed by atoms with E-state index in [9.17, 15) is 4.39 Å². The van der Waals surface area contributed by atoms with Gasteiger partial charge >= 0.3 is 0 Å². The lowest BCUT2D eigenvalue weighted by Crippen LogP contribution is -2.28. The van der Waals surface area contributed by atoms with Crippen molar-refractivity contribution in [3.05, 3.63) is 351 Å². The molecule has 10 aliphatic rings. The van der Waals surface area contributed by atoms with Crippen LogP contribution < -0.4 is 0 Å². The average Bonchev–Trinajstić information content (AvgIpc) is 1.60. The van der Waals surface area contributed by atoms with Crippen LogP contribution >= 0.6 is 82.0 Å². The van der Waals surface area contributed by atoms with Crippen LogP contribution in [0.1, 0.15) is 215 Å². The van der Waals surface area contributed by atoms with Crippen LogP contribution in [0.5, 0.6) is 0 Å². The fraction of sp³-hybridized carbons (Fsp3) is 0.386. The van der Waals surface area contributed by atoms with Gasteiger partial charge < -0.3 is 24.5 Å². The van der Waals surface area contributed by atoms with Crippen molar-refractivity contribution in [2.75, 3.05) is 101 Å². The van der Waals surface area contributed by atoms with Gasteiger partial charge in [0.15, 0.2) is 0 Å². The lowest BCUT2D eigenvalue weighted by molar-refractivity contribution is 0.312. The van der Waals surface area contributed by atoms with E-state index < -0.39 is 0 Å². The lowest BCUT2D eigenvalue weighted by atomic mass is 9.81. The Kier molecular flexibility index (Phi) is 28.9. The number of hydrogen-bond acceptors (Lipinski definition) is 10. The third-order valence-corrected chi connectivity index (χ3v) is 36.9. The van der Waals surface area contributed by atoms with Gasteiger partial charge in [-0.1, -0.05) is 241 Å². The summed E-state index contributed by atoms with van der Waals surface area (Å²) in [7, 11) is 11.1. The van der Waals surface area contributed by atoms with Gasteiger partial charge in [-0.3, -0.25) is 0 Å². The summed E-state index contributed by atoms with van der Waals surface area (Å²) in [6.07, 6.45) is 12.8. The van der Waals surface area contributed by atoms with Gasteiger partial charge in [-0.25, -0.2) is 4.39 Å². The van der Waals surface area contributed by atoms with E-state index in [0.717, 1.165) is 87.0 Å². The van der Waals surface area contributed by atoms with Crippen LogP contribution in [0.2, 0.25) is 10.0 Å². The number of halogens is 3. The Balaban J connectivity index is 0.000000117. The van der Waals surface area contributed by atoms with Crippen molar-refractivity contribution in [1.29, 1.82) is 0 Å². The summed E-state index contributed by atoms with van der Waals surface area (Å²) in [6, 6.07) is 78.8. The van der Waals surface area contributed by atoms with Gasteiger partial charge in [-0.15, -0.1) is 58.8 Å². The molecular weight excluding hydrogens is 1690 g/mol. The Morgan fingerprint density at radius 2 is 0.677 bits per heavy atom. The van der Waals surface area contributed by atoms with Gasteiger partial charge in [-0.2, -0.15) is 0 Å². The molecule has 0 spiro atoms. The van der Waals surface area contributed by atoms with Gasteiger partial charge in [0.25, 0.3) is 0 Å². The highest BCUT2D eigenvalue weighted by atomic mass is 35.5. The SMILES string of the molecule is CC(C)c1ccc2c(c1)C(=C1CCN(C)CC1)C(C)(c1ccccc1)S2.CCc1ccc2c(c1)C(=C1CCN(C)CC1)C(C)(c1ccccc1)S2.Cc1c(Cl)ccc2c1SC(C)(c1ccccc1)C2=C1CCN(C)CC1.Cc1cc2c(cc1C)C(=C1CCN(C)CC1)C(C)(c1ccc(Cl)cc1)S2.Cc1ccc2c(c1)C(=C1CCN(C)CC1)C(C)(c1cccc(F)c1)S2. The van der Waals surface area contributed by atoms with Crippen molar-refractivity contribution in [1.82, 2.24) is 24.5 Å². The summed E-state index contributed by atoms with van der Waals surface area (Å²) >= 11 is 22.6. The normalized spacial score (nSPS) is 23.7. The maximum absolute atomic E-state index is 14.0. The number of fused-ring (bicyclic) bond motifs is 5. The number of likely N-dealkylation sites (tertiary alicyclic amines) is 5. The van der Waals surface area contributed by atoms with Crippen LogP contribution in [-0.2, 0) is 30.2 Å². The molecule has 13 heteroatoms. The molecule has 5 saturated heterocycles. The van der Waals surface area contributed by atoms with Crippen LogP contribution in [0.25, 0.3) is 27.9 Å². The maximum atomic E-state index is 14.0. The molecule has 10 aliphatic heterocycles. The molecule has 0 bridgehead atoms. The fourth-order valence-electron chi connectivity index (χ4n) is 21.1. The Hall–Kier alpha value is -7.04. The molecule has 0 radical (unpaired) electrons. The smallest absolute Gasteiger partial charge is 0.123 e. The molecule has 127 heavy (non-hydrogen) atoms. The summed E-state index contributed by atoms with van der Waals surface area (Å²) in [5, 5.41) is 1.68. The predicted octanol–water partition coefficient (Wildman–Crippen LogP) is 30.3. The zero-order valence-electron chi connectivity index (χ0n) is 78.1. The minimum atomic E-state index is -0.219. The first-order valence-corrected chi connectivity index (χ1v) is 51.3. The van der Waals surface area contributed by atoms with Crippen molar-refractivity contribution >= 4 is 110 Å². The minimum absolute atomic E-state index is 0.0183. The van der Waals surface area contributed by atoms with Crippen LogP contribution in [0.3, 0.4) is 0 Å². The topological polar surface area (TPSA) is 16.2 Å². The van der Waals surface area contributed by atoms with Gasteiger partial charge in [-0.05, 0) is 340 Å². The highest BCUT2D eigenvalue weighted by molar-refractivity contribution is 8.02. The van der Waals surface area contributed by atoms with Crippen LogP contribution in [-0.4, -0.2) is 125 Å². The van der Waals surface area contributed by atoms with Crippen LogP contribution in [0, 0.1) is 33.5 Å². The Morgan fingerprint density at radius 3 is 1.09 bits per heavy atom. The van der Waals surface area contributed by atoms with Gasteiger partial charge in [0, 0.05) is 100.0 Å². The summed E-state index contributed by atoms with van der Waals surface area (Å²) in [6.45, 7) is 39.0. The molecule has 0 saturated carbocycles. The largest absolute Gasteiger partial charge is 0.306 e. The van der Waals surface area contributed by atoms with Crippen molar-refractivity contribution in [3.8, 4) is 0 Å². The van der Waals surface area contributed by atoms with Crippen LogP contribution in [0.4, 0.5) is 4.39 Å². The number of rotatable bonds is 7. The van der Waals surface area contributed by atoms with E-state index in [2.05, 4.69) is 331 Å². The fourth-order valence-corrected chi connectivity index (χ4v) is 28.9. The van der Waals surface area contributed by atoms with Gasteiger partial charge in [0.2, 0.25) is 0 Å². The van der Waals surface area contributed by atoms with Crippen molar-refractivity contribution in [2.45, 2.75) is 208 Å². The lowest BCUT2D eigenvalue weighted by Gasteiger charge is -2.32. The molecule has 10 heterocycles. The number of nitrogens with zero attached hydrogens (tertiary/aromatic N) is 5. The van der Waals surface area contributed by atoms with E-state index in [1.807, 2.05) is 77.0 Å². The van der Waals surface area contributed by atoms with Crippen LogP contribution in [0.15, 0.2) is 271 Å². The number of aryl methyl sites for hydroxylation is 4. The molecule has 0 aromatic heterocycles. The molecular formula is C114H130Cl2FN5S5. The van der Waals surface area contributed by atoms with Gasteiger partial charge in [0.1, 0.15) is 5.82 Å². The first kappa shape index (κ1) is 93.2. The quantitative estimate of drug-likeness (QED) is 0.153. The number of benzene rings is 10. The molecule has 5 atom stereocenters. The first-order valence-electron chi connectivity index (χ1n) is 46.5. The summed E-state index contributed by atoms with van der Waals surface area (Å²) in [5.41, 5.74) is 37.9. The van der Waals surface area contributed by atoms with Crippen molar-refractivity contribution in [3.63, 3.8) is 0 Å². The molecule has 10 aromatic rings. The monoisotopic (exact) mass is 1820 g/mol. The molecule has 0 N–H and O–H groups in total. The minimum Gasteiger partial charge on any atom is -0.306 e. The molecule has 0 aliphatic carbocycles. The summed E-state index contributed by atoms with van der Waals surface area (Å²) < 4.78 is 13.7. The van der Waals surface area contributed by atoms with Crippen molar-refractivity contribution < 1.29 is 4.39 Å². The summed E-state index contributed by atoms with van der Waals surface area (Å²) in [5.74, 6) is 0.414. The Bertz CT molecular complexity index is 5820. The maximum Gasteiger partial charge on any atom is 0.123 e. The number of thioether (sulfide) groups is 5. The molecule has 5 fully saturated rings. The summed E-state index contributed by atoms with van der Waals surface area (Å²) in [4.78, 5) is 19.2. The van der Waals surface area contributed by atoms with E-state index >= 15 is 0 Å². The first-order chi connectivity index (χ1) is 61.0. The van der Waals surface area contributed by atoms with Gasteiger partial charge in [0.05, 0.1) is 23.7 Å². The predicted molar refractivity (Wildman–Crippen MR) is 551 cm³/mol. The molecule has 10 aromatic carbocycles. The van der Waals surface area contributed by atoms with E-state index in [-0.39, 0.29) is 29.6 Å².